The number of carbonyl (C=O) groups excluding carboxylic acids is 1. The molecule has 0 bridgehead atoms. The predicted molar refractivity (Wildman–Crippen MR) is 158 cm³/mol. The molecule has 0 atom stereocenters. The number of methoxy groups -OCH3 is 2. The van der Waals surface area contributed by atoms with E-state index in [1.807, 2.05) is 13.0 Å². The van der Waals surface area contributed by atoms with Crippen molar-refractivity contribution in [3.63, 3.8) is 0 Å². The lowest BCUT2D eigenvalue weighted by molar-refractivity contribution is 0.102. The maximum Gasteiger partial charge on any atom is 0.264 e. The molecule has 0 radical (unpaired) electrons. The minimum Gasteiger partial charge on any atom is -0.493 e. The Morgan fingerprint density at radius 3 is 1.98 bits per heavy atom. The van der Waals surface area contributed by atoms with Gasteiger partial charge in [0, 0.05) is 30.1 Å². The van der Waals surface area contributed by atoms with Gasteiger partial charge in [-0.3, -0.25) is 13.8 Å². The van der Waals surface area contributed by atoms with Gasteiger partial charge >= 0.3 is 0 Å². The minimum absolute atomic E-state index is 0.0130. The number of rotatable bonds is 10. The van der Waals surface area contributed by atoms with E-state index in [0.717, 1.165) is 9.87 Å². The molecule has 4 rings (SSSR count). The summed E-state index contributed by atoms with van der Waals surface area (Å²) in [6.07, 6.45) is 0. The highest BCUT2D eigenvalue weighted by Gasteiger charge is 2.23. The molecule has 0 aromatic heterocycles. The molecule has 10 nitrogen and oxygen atoms in total. The third kappa shape index (κ3) is 6.61. The van der Waals surface area contributed by atoms with E-state index in [1.54, 1.807) is 18.2 Å². The lowest BCUT2D eigenvalue weighted by atomic mass is 10.2. The normalized spacial score (nSPS) is 11.4. The summed E-state index contributed by atoms with van der Waals surface area (Å²) in [5, 5.41) is 2.71. The van der Waals surface area contributed by atoms with Gasteiger partial charge in [-0.15, -0.1) is 0 Å². The van der Waals surface area contributed by atoms with Crippen LogP contribution in [0.5, 0.6) is 11.5 Å². The number of anilines is 3. The first-order valence-electron chi connectivity index (χ1n) is 12.3. The van der Waals surface area contributed by atoms with E-state index in [-0.39, 0.29) is 21.1 Å². The molecule has 0 fully saturated rings. The summed E-state index contributed by atoms with van der Waals surface area (Å²) >= 11 is 0. The van der Waals surface area contributed by atoms with Crippen molar-refractivity contribution in [1.82, 2.24) is 0 Å². The van der Waals surface area contributed by atoms with Crippen molar-refractivity contribution in [3.05, 3.63) is 102 Å². The Bertz CT molecular complexity index is 1770. The van der Waals surface area contributed by atoms with Crippen LogP contribution >= 0.6 is 0 Å². The average molecular weight is 596 g/mol. The van der Waals surface area contributed by atoms with E-state index in [2.05, 4.69) is 10.0 Å². The van der Waals surface area contributed by atoms with Gasteiger partial charge < -0.3 is 14.8 Å². The molecule has 4 aromatic rings. The zero-order valence-corrected chi connectivity index (χ0v) is 24.4. The molecule has 0 saturated carbocycles. The largest absolute Gasteiger partial charge is 0.493 e. The molecule has 0 heterocycles. The third-order valence-electron chi connectivity index (χ3n) is 6.20. The number of carbonyl (C=O) groups is 1. The van der Waals surface area contributed by atoms with Gasteiger partial charge in [0.2, 0.25) is 0 Å². The zero-order chi connectivity index (χ0) is 29.8. The minimum atomic E-state index is -3.93. The van der Waals surface area contributed by atoms with E-state index in [4.69, 9.17) is 9.47 Å². The molecule has 214 valence electrons. The molecule has 1 amide bonds. The Kier molecular flexibility index (Phi) is 8.55. The van der Waals surface area contributed by atoms with E-state index in [1.165, 1.54) is 88.0 Å². The topological polar surface area (TPSA) is 131 Å². The molecule has 2 N–H and O–H groups in total. The molecule has 0 aliphatic carbocycles. The summed E-state index contributed by atoms with van der Waals surface area (Å²) < 4.78 is 65.8. The van der Waals surface area contributed by atoms with E-state index in [9.17, 15) is 21.6 Å². The van der Waals surface area contributed by atoms with E-state index >= 15 is 0 Å². The standard InChI is InChI=1S/C29H29N3O7S2/c1-20-6-5-7-23(18-20)31-40(34,35)25-14-10-22(11-15-25)30-29(33)21-8-12-24(13-9-21)32(2)41(36,37)26-16-17-27(38-3)28(19-26)39-4/h5-19,31H,1-4H3,(H,30,33). The van der Waals surface area contributed by atoms with Crippen molar-refractivity contribution in [2.45, 2.75) is 16.7 Å². The Morgan fingerprint density at radius 1 is 0.732 bits per heavy atom. The predicted octanol–water partition coefficient (Wildman–Crippen LogP) is 4.89. The molecule has 12 heteroatoms. The van der Waals surface area contributed by atoms with Crippen LogP contribution in [0.15, 0.2) is 101 Å². The molecule has 0 aliphatic rings. The van der Waals surface area contributed by atoms with Crippen molar-refractivity contribution in [1.29, 1.82) is 0 Å². The van der Waals surface area contributed by atoms with Crippen LogP contribution in [-0.2, 0) is 20.0 Å². The summed E-state index contributed by atoms with van der Waals surface area (Å²) in [5.41, 5.74) is 2.38. The van der Waals surface area contributed by atoms with E-state index in [0.29, 0.717) is 22.8 Å². The molecule has 4 aromatic carbocycles. The summed E-state index contributed by atoms with van der Waals surface area (Å²) in [5.74, 6) is 0.234. The Morgan fingerprint density at radius 2 is 1.37 bits per heavy atom. The Balaban J connectivity index is 1.44. The number of sulfonamides is 2. The lowest BCUT2D eigenvalue weighted by Gasteiger charge is -2.20. The van der Waals surface area contributed by atoms with Crippen LogP contribution in [0.2, 0.25) is 0 Å². The van der Waals surface area contributed by atoms with Gasteiger partial charge in [0.1, 0.15) is 0 Å². The van der Waals surface area contributed by atoms with Gasteiger partial charge in [-0.25, -0.2) is 16.8 Å². The fourth-order valence-corrected chi connectivity index (χ4v) is 6.20. The first-order valence-corrected chi connectivity index (χ1v) is 15.2. The molecule has 0 unspecified atom stereocenters. The molecule has 0 saturated heterocycles. The highest BCUT2D eigenvalue weighted by Crippen LogP contribution is 2.31. The number of amides is 1. The number of hydrogen-bond donors (Lipinski definition) is 2. The molecule has 41 heavy (non-hydrogen) atoms. The molecule has 0 aliphatic heterocycles. The van der Waals surface area contributed by atoms with Crippen molar-refractivity contribution in [3.8, 4) is 11.5 Å². The smallest absolute Gasteiger partial charge is 0.264 e. The maximum absolute atomic E-state index is 13.2. The van der Waals surface area contributed by atoms with Crippen LogP contribution in [-0.4, -0.2) is 44.0 Å². The second-order valence-corrected chi connectivity index (χ2v) is 12.6. The van der Waals surface area contributed by atoms with Gasteiger partial charge in [-0.1, -0.05) is 12.1 Å². The molecule has 0 spiro atoms. The second kappa shape index (κ2) is 11.9. The first-order chi connectivity index (χ1) is 19.4. The SMILES string of the molecule is COc1ccc(S(=O)(=O)N(C)c2ccc(C(=O)Nc3ccc(S(=O)(=O)Nc4cccc(C)c4)cc3)cc2)cc1OC. The van der Waals surface area contributed by atoms with E-state index < -0.39 is 26.0 Å². The summed E-state index contributed by atoms with van der Waals surface area (Å²) in [7, 11) is -3.45. The number of ether oxygens (including phenoxy) is 2. The Labute approximate surface area is 239 Å². The number of benzene rings is 4. The Hall–Kier alpha value is -4.55. The fourth-order valence-electron chi connectivity index (χ4n) is 3.94. The maximum atomic E-state index is 13.2. The van der Waals surface area contributed by atoms with Gasteiger partial charge in [0.25, 0.3) is 26.0 Å². The number of hydrogen-bond acceptors (Lipinski definition) is 7. The fraction of sp³-hybridized carbons (Fsp3) is 0.138. The van der Waals surface area contributed by atoms with Crippen LogP contribution in [0.1, 0.15) is 15.9 Å². The highest BCUT2D eigenvalue weighted by molar-refractivity contribution is 7.93. The van der Waals surface area contributed by atoms with Crippen LogP contribution in [0.3, 0.4) is 0 Å². The van der Waals surface area contributed by atoms with Crippen LogP contribution in [0.4, 0.5) is 17.1 Å². The van der Waals surface area contributed by atoms with Crippen molar-refractivity contribution in [2.24, 2.45) is 0 Å². The van der Waals surface area contributed by atoms with Gasteiger partial charge in [-0.2, -0.15) is 0 Å². The highest BCUT2D eigenvalue weighted by atomic mass is 32.2. The van der Waals surface area contributed by atoms with Crippen molar-refractivity contribution in [2.75, 3.05) is 35.6 Å². The number of aryl methyl sites for hydroxylation is 1. The van der Waals surface area contributed by atoms with Crippen LogP contribution in [0.25, 0.3) is 0 Å². The van der Waals surface area contributed by atoms with Gasteiger partial charge in [0.15, 0.2) is 11.5 Å². The number of nitrogens with one attached hydrogen (secondary N) is 2. The second-order valence-electron chi connectivity index (χ2n) is 8.99. The first kappa shape index (κ1) is 29.4. The number of nitrogens with zero attached hydrogens (tertiary/aromatic N) is 1. The summed E-state index contributed by atoms with van der Waals surface area (Å²) in [6, 6.07) is 23.1. The van der Waals surface area contributed by atoms with Crippen molar-refractivity contribution >= 4 is 43.0 Å². The van der Waals surface area contributed by atoms with Gasteiger partial charge in [0.05, 0.1) is 29.7 Å². The van der Waals surface area contributed by atoms with Gasteiger partial charge in [-0.05, 0) is 85.3 Å². The molecular weight excluding hydrogens is 566 g/mol. The summed E-state index contributed by atoms with van der Waals surface area (Å²) in [4.78, 5) is 12.9. The quantitative estimate of drug-likeness (QED) is 0.267. The zero-order valence-electron chi connectivity index (χ0n) is 22.8. The van der Waals surface area contributed by atoms with Crippen LogP contribution < -0.4 is 23.8 Å². The summed E-state index contributed by atoms with van der Waals surface area (Å²) in [6.45, 7) is 1.86. The molecular formula is C29H29N3O7S2. The monoisotopic (exact) mass is 595 g/mol. The average Bonchev–Trinajstić information content (AvgIpc) is 2.96. The lowest BCUT2D eigenvalue weighted by Crippen LogP contribution is -2.26. The van der Waals surface area contributed by atoms with Crippen LogP contribution in [0, 0.1) is 6.92 Å². The van der Waals surface area contributed by atoms with Crippen molar-refractivity contribution < 1.29 is 31.1 Å². The third-order valence-corrected chi connectivity index (χ3v) is 9.38.